The van der Waals surface area contributed by atoms with Crippen molar-refractivity contribution >= 4 is 23.4 Å². The number of benzene rings is 2. The lowest BCUT2D eigenvalue weighted by molar-refractivity contribution is -0.141. The normalized spacial score (nSPS) is 11.7. The van der Waals surface area contributed by atoms with E-state index < -0.39 is 6.04 Å². The molecular weight excluding hydrogens is 360 g/mol. The number of nitrogens with one attached hydrogen (secondary N) is 1. The maximum absolute atomic E-state index is 13.0. The van der Waals surface area contributed by atoms with E-state index >= 15 is 0 Å². The molecule has 0 radical (unpaired) electrons. The van der Waals surface area contributed by atoms with Crippen LogP contribution in [0.2, 0.25) is 5.02 Å². The molecule has 0 aliphatic rings. The average Bonchev–Trinajstić information content (AvgIpc) is 2.68. The second-order valence-corrected chi connectivity index (χ2v) is 6.94. The highest BCUT2D eigenvalue weighted by Gasteiger charge is 2.30. The Morgan fingerprint density at radius 3 is 2.26 bits per heavy atom. The first-order chi connectivity index (χ1) is 13.1. The summed E-state index contributed by atoms with van der Waals surface area (Å²) in [5.41, 5.74) is 1.75. The molecule has 1 unspecified atom stereocenters. The second kappa shape index (κ2) is 10.7. The fourth-order valence-electron chi connectivity index (χ4n) is 2.92. The molecule has 0 saturated carbocycles. The Labute approximate surface area is 166 Å². The van der Waals surface area contributed by atoms with Gasteiger partial charge >= 0.3 is 0 Å². The van der Waals surface area contributed by atoms with Crippen molar-refractivity contribution in [1.29, 1.82) is 0 Å². The van der Waals surface area contributed by atoms with E-state index in [1.165, 1.54) is 0 Å². The highest BCUT2D eigenvalue weighted by molar-refractivity contribution is 6.30. The molecule has 0 aliphatic carbocycles. The molecule has 27 heavy (non-hydrogen) atoms. The molecule has 0 heterocycles. The molecular formula is C22H27ClN2O2. The predicted octanol–water partition coefficient (Wildman–Crippen LogP) is 4.74. The van der Waals surface area contributed by atoms with Crippen LogP contribution >= 0.6 is 11.6 Å². The second-order valence-electron chi connectivity index (χ2n) is 6.50. The van der Waals surface area contributed by atoms with E-state index in [1.54, 1.807) is 17.0 Å². The van der Waals surface area contributed by atoms with Crippen LogP contribution in [0.15, 0.2) is 54.6 Å². The van der Waals surface area contributed by atoms with Crippen molar-refractivity contribution in [2.75, 3.05) is 6.54 Å². The lowest BCUT2D eigenvalue weighted by Crippen LogP contribution is -2.43. The summed E-state index contributed by atoms with van der Waals surface area (Å²) in [6.07, 6.45) is 1.97. The molecule has 2 aromatic rings. The van der Waals surface area contributed by atoms with E-state index in [2.05, 4.69) is 5.32 Å². The van der Waals surface area contributed by atoms with Crippen LogP contribution in [-0.4, -0.2) is 23.3 Å². The third-order valence-electron chi connectivity index (χ3n) is 4.27. The zero-order valence-electron chi connectivity index (χ0n) is 16.0. The van der Waals surface area contributed by atoms with E-state index in [4.69, 9.17) is 11.6 Å². The predicted molar refractivity (Wildman–Crippen MR) is 109 cm³/mol. The smallest absolute Gasteiger partial charge is 0.247 e. The third kappa shape index (κ3) is 6.10. The zero-order valence-corrected chi connectivity index (χ0v) is 16.7. The molecule has 4 nitrogen and oxygen atoms in total. The molecule has 5 heteroatoms. The van der Waals surface area contributed by atoms with Crippen molar-refractivity contribution < 1.29 is 9.59 Å². The van der Waals surface area contributed by atoms with E-state index in [0.717, 1.165) is 24.0 Å². The molecule has 2 aromatic carbocycles. The number of carbonyl (C=O) groups is 2. The van der Waals surface area contributed by atoms with Gasteiger partial charge in [-0.15, -0.1) is 0 Å². The highest BCUT2D eigenvalue weighted by Crippen LogP contribution is 2.25. The summed E-state index contributed by atoms with van der Waals surface area (Å²) in [7, 11) is 0. The van der Waals surface area contributed by atoms with Crippen molar-refractivity contribution in [2.24, 2.45) is 0 Å². The minimum atomic E-state index is -0.660. The number of hydrogen-bond donors (Lipinski definition) is 1. The standard InChI is InChI=1S/C22H27ClN2O2/c1-3-8-20(26)25(16-17-11-13-19(23)14-12-17)21(22(27)24-15-4-2)18-9-6-5-7-10-18/h5-7,9-14,21H,3-4,8,15-16H2,1-2H3,(H,24,27). The summed E-state index contributed by atoms with van der Waals surface area (Å²) < 4.78 is 0. The van der Waals surface area contributed by atoms with Crippen molar-refractivity contribution in [1.82, 2.24) is 10.2 Å². The molecule has 0 fully saturated rings. The zero-order chi connectivity index (χ0) is 19.6. The molecule has 0 spiro atoms. The van der Waals surface area contributed by atoms with Crippen molar-refractivity contribution in [2.45, 2.75) is 45.7 Å². The number of amides is 2. The van der Waals surface area contributed by atoms with E-state index in [9.17, 15) is 9.59 Å². The van der Waals surface area contributed by atoms with E-state index in [1.807, 2.05) is 56.3 Å². The van der Waals surface area contributed by atoms with Gasteiger partial charge in [-0.25, -0.2) is 0 Å². The Bertz CT molecular complexity index is 732. The van der Waals surface area contributed by atoms with Crippen LogP contribution in [0.4, 0.5) is 0 Å². The molecule has 0 saturated heterocycles. The van der Waals surface area contributed by atoms with Gasteiger partial charge in [0.25, 0.3) is 0 Å². The fraction of sp³-hybridized carbons (Fsp3) is 0.364. The quantitative estimate of drug-likeness (QED) is 0.676. The van der Waals surface area contributed by atoms with Crippen molar-refractivity contribution in [3.63, 3.8) is 0 Å². The Hall–Kier alpha value is -2.33. The van der Waals surface area contributed by atoms with Gasteiger partial charge in [0.1, 0.15) is 6.04 Å². The highest BCUT2D eigenvalue weighted by atomic mass is 35.5. The summed E-state index contributed by atoms with van der Waals surface area (Å²) in [4.78, 5) is 27.6. The third-order valence-corrected chi connectivity index (χ3v) is 4.53. The van der Waals surface area contributed by atoms with Gasteiger partial charge in [0.2, 0.25) is 11.8 Å². The van der Waals surface area contributed by atoms with Crippen LogP contribution in [0, 0.1) is 0 Å². The molecule has 0 aromatic heterocycles. The summed E-state index contributed by atoms with van der Waals surface area (Å²) >= 11 is 5.98. The Balaban J connectivity index is 2.39. The average molecular weight is 387 g/mol. The van der Waals surface area contributed by atoms with Gasteiger partial charge in [-0.1, -0.05) is 67.9 Å². The molecule has 0 bridgehead atoms. The van der Waals surface area contributed by atoms with Crippen LogP contribution < -0.4 is 5.32 Å². The molecule has 2 amide bonds. The maximum Gasteiger partial charge on any atom is 0.247 e. The van der Waals surface area contributed by atoms with Crippen LogP contribution in [0.5, 0.6) is 0 Å². The monoisotopic (exact) mass is 386 g/mol. The SMILES string of the molecule is CCCNC(=O)C(c1ccccc1)N(Cc1ccc(Cl)cc1)C(=O)CCC. The van der Waals surface area contributed by atoms with Crippen LogP contribution in [0.1, 0.15) is 50.3 Å². The minimum absolute atomic E-state index is 0.0343. The Morgan fingerprint density at radius 1 is 1.00 bits per heavy atom. The maximum atomic E-state index is 13.0. The van der Waals surface area contributed by atoms with Gasteiger partial charge in [-0.2, -0.15) is 0 Å². The van der Waals surface area contributed by atoms with Crippen LogP contribution in [-0.2, 0) is 16.1 Å². The minimum Gasteiger partial charge on any atom is -0.354 e. The number of nitrogens with zero attached hydrogens (tertiary/aromatic N) is 1. The number of hydrogen-bond acceptors (Lipinski definition) is 2. The summed E-state index contributed by atoms with van der Waals surface area (Å²) in [5.74, 6) is -0.186. The van der Waals surface area contributed by atoms with Crippen molar-refractivity contribution in [3.05, 3.63) is 70.7 Å². The molecule has 1 N–H and O–H groups in total. The summed E-state index contributed by atoms with van der Waals surface area (Å²) in [6, 6.07) is 16.2. The Morgan fingerprint density at radius 2 is 1.67 bits per heavy atom. The molecule has 144 valence electrons. The number of carbonyl (C=O) groups excluding carboxylic acids is 2. The lowest BCUT2D eigenvalue weighted by atomic mass is 10.0. The Kier molecular flexibility index (Phi) is 8.34. The van der Waals surface area contributed by atoms with Gasteiger partial charge in [-0.3, -0.25) is 9.59 Å². The van der Waals surface area contributed by atoms with Crippen molar-refractivity contribution in [3.8, 4) is 0 Å². The first kappa shape index (κ1) is 21.0. The number of rotatable bonds is 9. The summed E-state index contributed by atoms with van der Waals surface area (Å²) in [6.45, 7) is 4.91. The van der Waals surface area contributed by atoms with Crippen LogP contribution in [0.3, 0.4) is 0 Å². The first-order valence-electron chi connectivity index (χ1n) is 9.43. The topological polar surface area (TPSA) is 49.4 Å². The fourth-order valence-corrected chi connectivity index (χ4v) is 3.05. The van der Waals surface area contributed by atoms with Gasteiger partial charge < -0.3 is 10.2 Å². The van der Waals surface area contributed by atoms with Gasteiger partial charge in [0.05, 0.1) is 0 Å². The van der Waals surface area contributed by atoms with Gasteiger partial charge in [0, 0.05) is 24.5 Å². The lowest BCUT2D eigenvalue weighted by Gasteiger charge is -2.31. The van der Waals surface area contributed by atoms with E-state index in [-0.39, 0.29) is 11.8 Å². The van der Waals surface area contributed by atoms with Crippen LogP contribution in [0.25, 0.3) is 0 Å². The number of halogens is 1. The molecule has 2 rings (SSSR count). The molecule has 1 atom stereocenters. The largest absolute Gasteiger partial charge is 0.354 e. The first-order valence-corrected chi connectivity index (χ1v) is 9.81. The van der Waals surface area contributed by atoms with Gasteiger partial charge in [-0.05, 0) is 36.1 Å². The van der Waals surface area contributed by atoms with Gasteiger partial charge in [0.15, 0.2) is 0 Å². The molecule has 0 aliphatic heterocycles. The van der Waals surface area contributed by atoms with E-state index in [0.29, 0.717) is 24.5 Å². The summed E-state index contributed by atoms with van der Waals surface area (Å²) in [5, 5.41) is 3.59.